The average Bonchev–Trinajstić information content (AvgIpc) is 2.19. The van der Waals surface area contributed by atoms with Gasteiger partial charge < -0.3 is 10.1 Å². The van der Waals surface area contributed by atoms with Crippen LogP contribution in [0.4, 0.5) is 0 Å². The van der Waals surface area contributed by atoms with Crippen molar-refractivity contribution < 1.29 is 9.53 Å². The number of ether oxygens (including phenoxy) is 1. The molecule has 1 N–H and O–H groups in total. The number of methoxy groups -OCH3 is 1. The monoisotopic (exact) mass is 177 g/mol. The molecule has 0 saturated carbocycles. The van der Waals surface area contributed by atoms with E-state index >= 15 is 0 Å². The highest BCUT2D eigenvalue weighted by molar-refractivity contribution is 5.56. The van der Waals surface area contributed by atoms with Crippen molar-refractivity contribution in [3.8, 4) is 5.75 Å². The SMILES string of the molecule is COc1cccc(/C=C/NC=O)c1. The van der Waals surface area contributed by atoms with Gasteiger partial charge in [0.2, 0.25) is 6.41 Å². The molecular formula is C10H11NO2. The van der Waals surface area contributed by atoms with Gasteiger partial charge in [-0.05, 0) is 23.8 Å². The molecule has 0 aliphatic carbocycles. The van der Waals surface area contributed by atoms with Crippen LogP contribution >= 0.6 is 0 Å². The lowest BCUT2D eigenvalue weighted by molar-refractivity contribution is -0.108. The van der Waals surface area contributed by atoms with Gasteiger partial charge in [-0.1, -0.05) is 12.1 Å². The second-order valence-electron chi connectivity index (χ2n) is 2.39. The topological polar surface area (TPSA) is 38.3 Å². The van der Waals surface area contributed by atoms with Crippen LogP contribution in [0.15, 0.2) is 30.5 Å². The lowest BCUT2D eigenvalue weighted by Crippen LogP contribution is -1.97. The van der Waals surface area contributed by atoms with Crippen molar-refractivity contribution in [1.29, 1.82) is 0 Å². The summed E-state index contributed by atoms with van der Waals surface area (Å²) in [6.07, 6.45) is 3.98. The highest BCUT2D eigenvalue weighted by atomic mass is 16.5. The van der Waals surface area contributed by atoms with Crippen LogP contribution < -0.4 is 10.1 Å². The third-order valence-corrected chi connectivity index (χ3v) is 1.53. The van der Waals surface area contributed by atoms with Crippen LogP contribution in [0.5, 0.6) is 5.75 Å². The Bertz CT molecular complexity index is 308. The van der Waals surface area contributed by atoms with Crippen LogP contribution in [0.2, 0.25) is 0 Å². The van der Waals surface area contributed by atoms with E-state index in [1.54, 1.807) is 19.4 Å². The van der Waals surface area contributed by atoms with Crippen molar-refractivity contribution in [2.45, 2.75) is 0 Å². The van der Waals surface area contributed by atoms with Crippen molar-refractivity contribution in [2.75, 3.05) is 7.11 Å². The molecule has 0 aromatic heterocycles. The molecule has 3 nitrogen and oxygen atoms in total. The van der Waals surface area contributed by atoms with Crippen molar-refractivity contribution >= 4 is 12.5 Å². The number of carbonyl (C=O) groups excluding carboxylic acids is 1. The van der Waals surface area contributed by atoms with Crippen LogP contribution in [0.1, 0.15) is 5.56 Å². The Hall–Kier alpha value is -1.77. The Morgan fingerprint density at radius 3 is 3.00 bits per heavy atom. The van der Waals surface area contributed by atoms with Crippen LogP contribution in [0, 0.1) is 0 Å². The molecule has 1 aromatic carbocycles. The number of benzene rings is 1. The van der Waals surface area contributed by atoms with Crippen molar-refractivity contribution in [2.24, 2.45) is 0 Å². The predicted molar refractivity (Wildman–Crippen MR) is 51.2 cm³/mol. The van der Waals surface area contributed by atoms with E-state index in [0.29, 0.717) is 6.41 Å². The van der Waals surface area contributed by atoms with E-state index in [2.05, 4.69) is 5.32 Å². The summed E-state index contributed by atoms with van der Waals surface area (Å²) < 4.78 is 5.04. The van der Waals surface area contributed by atoms with Crippen molar-refractivity contribution in [3.63, 3.8) is 0 Å². The number of amides is 1. The summed E-state index contributed by atoms with van der Waals surface area (Å²) in [4.78, 5) is 9.93. The summed E-state index contributed by atoms with van der Waals surface area (Å²) in [6.45, 7) is 0. The normalized spacial score (nSPS) is 9.92. The third-order valence-electron chi connectivity index (χ3n) is 1.53. The Labute approximate surface area is 77.0 Å². The fraction of sp³-hybridized carbons (Fsp3) is 0.100. The fourth-order valence-corrected chi connectivity index (χ4v) is 0.929. The maximum Gasteiger partial charge on any atom is 0.211 e. The maximum atomic E-state index is 9.93. The highest BCUT2D eigenvalue weighted by Gasteiger charge is 1.90. The molecule has 0 radical (unpaired) electrons. The van der Waals surface area contributed by atoms with Gasteiger partial charge in [0.25, 0.3) is 0 Å². The first-order valence-corrected chi connectivity index (χ1v) is 3.87. The minimum Gasteiger partial charge on any atom is -0.497 e. The standard InChI is InChI=1S/C10H11NO2/c1-13-10-4-2-3-9(7-10)5-6-11-8-12/h2-8H,1H3,(H,11,12)/b6-5+. The van der Waals surface area contributed by atoms with Crippen molar-refractivity contribution in [3.05, 3.63) is 36.0 Å². The first kappa shape index (κ1) is 9.32. The summed E-state index contributed by atoms with van der Waals surface area (Å²) in [7, 11) is 1.62. The first-order chi connectivity index (χ1) is 6.36. The van der Waals surface area contributed by atoms with E-state index in [0.717, 1.165) is 11.3 Å². The van der Waals surface area contributed by atoms with Gasteiger partial charge in [0.05, 0.1) is 7.11 Å². The molecule has 1 aromatic rings. The molecule has 0 heterocycles. The van der Waals surface area contributed by atoms with Gasteiger partial charge in [0.1, 0.15) is 5.75 Å². The summed E-state index contributed by atoms with van der Waals surface area (Å²) in [6, 6.07) is 7.55. The van der Waals surface area contributed by atoms with Gasteiger partial charge >= 0.3 is 0 Å². The smallest absolute Gasteiger partial charge is 0.211 e. The van der Waals surface area contributed by atoms with Crippen LogP contribution in [-0.2, 0) is 4.79 Å². The van der Waals surface area contributed by atoms with E-state index < -0.39 is 0 Å². The Morgan fingerprint density at radius 2 is 2.31 bits per heavy atom. The molecule has 0 spiro atoms. The van der Waals surface area contributed by atoms with Crippen LogP contribution in [0.3, 0.4) is 0 Å². The zero-order valence-electron chi connectivity index (χ0n) is 7.36. The van der Waals surface area contributed by atoms with Gasteiger partial charge in [-0.25, -0.2) is 0 Å². The van der Waals surface area contributed by atoms with Gasteiger partial charge in [0.15, 0.2) is 0 Å². The van der Waals surface area contributed by atoms with Crippen molar-refractivity contribution in [1.82, 2.24) is 5.32 Å². The number of nitrogens with one attached hydrogen (secondary N) is 1. The number of rotatable bonds is 4. The Kier molecular flexibility index (Phi) is 3.57. The lowest BCUT2D eigenvalue weighted by atomic mass is 10.2. The second-order valence-corrected chi connectivity index (χ2v) is 2.39. The van der Waals surface area contributed by atoms with E-state index in [9.17, 15) is 4.79 Å². The van der Waals surface area contributed by atoms with Gasteiger partial charge in [-0.2, -0.15) is 0 Å². The van der Waals surface area contributed by atoms with Crippen LogP contribution in [-0.4, -0.2) is 13.5 Å². The van der Waals surface area contributed by atoms with Crippen LogP contribution in [0.25, 0.3) is 6.08 Å². The quantitative estimate of drug-likeness (QED) is 0.706. The molecule has 68 valence electrons. The summed E-state index contributed by atoms with van der Waals surface area (Å²) in [5, 5.41) is 2.43. The van der Waals surface area contributed by atoms with E-state index in [4.69, 9.17) is 4.74 Å². The number of carbonyl (C=O) groups is 1. The minimum absolute atomic E-state index is 0.622. The molecule has 0 bridgehead atoms. The lowest BCUT2D eigenvalue weighted by Gasteiger charge is -1.99. The molecule has 1 amide bonds. The second kappa shape index (κ2) is 4.98. The third kappa shape index (κ3) is 2.99. The van der Waals surface area contributed by atoms with Gasteiger partial charge in [-0.3, -0.25) is 4.79 Å². The largest absolute Gasteiger partial charge is 0.497 e. The molecule has 0 saturated heterocycles. The molecular weight excluding hydrogens is 166 g/mol. The number of hydrogen-bond acceptors (Lipinski definition) is 2. The zero-order chi connectivity index (χ0) is 9.52. The van der Waals surface area contributed by atoms with E-state index in [-0.39, 0.29) is 0 Å². The molecule has 0 aliphatic rings. The number of hydrogen-bond donors (Lipinski definition) is 1. The Morgan fingerprint density at radius 1 is 1.46 bits per heavy atom. The molecule has 0 fully saturated rings. The molecule has 13 heavy (non-hydrogen) atoms. The first-order valence-electron chi connectivity index (χ1n) is 3.87. The minimum atomic E-state index is 0.622. The molecule has 3 heteroatoms. The van der Waals surface area contributed by atoms with Gasteiger partial charge in [0, 0.05) is 6.20 Å². The molecule has 1 rings (SSSR count). The Balaban J connectivity index is 2.71. The molecule has 0 aliphatic heterocycles. The average molecular weight is 177 g/mol. The summed E-state index contributed by atoms with van der Waals surface area (Å²) in [5.41, 5.74) is 0.980. The maximum absolute atomic E-state index is 9.93. The van der Waals surface area contributed by atoms with Gasteiger partial charge in [-0.15, -0.1) is 0 Å². The summed E-state index contributed by atoms with van der Waals surface area (Å²) >= 11 is 0. The fourth-order valence-electron chi connectivity index (χ4n) is 0.929. The zero-order valence-corrected chi connectivity index (χ0v) is 7.36. The summed E-state index contributed by atoms with van der Waals surface area (Å²) in [5.74, 6) is 0.799. The molecule has 0 unspecified atom stereocenters. The molecule has 0 atom stereocenters. The van der Waals surface area contributed by atoms with E-state index in [1.165, 1.54) is 0 Å². The van der Waals surface area contributed by atoms with E-state index in [1.807, 2.05) is 24.3 Å². The predicted octanol–water partition coefficient (Wildman–Crippen LogP) is 1.41. The highest BCUT2D eigenvalue weighted by Crippen LogP contribution is 2.12.